The standard InChI is InChI=1S/C22H25FN2O5S/c1-13(2)20(25-31(27,28)19-11-6-5-9-16(19)23)22(26)24-14(3)18-12-15-8-7-10-17(29-4)21(15)30-18/h5-14,20,25H,1-4H3,(H,24,26)/t14?,20-/m0/s1. The van der Waals surface area contributed by atoms with Crippen molar-refractivity contribution < 1.29 is 26.8 Å². The number of para-hydroxylation sites is 1. The third-order valence-electron chi connectivity index (χ3n) is 4.89. The van der Waals surface area contributed by atoms with Crippen molar-refractivity contribution in [2.24, 2.45) is 5.92 Å². The van der Waals surface area contributed by atoms with Gasteiger partial charge in [-0.3, -0.25) is 4.79 Å². The van der Waals surface area contributed by atoms with E-state index in [4.69, 9.17) is 9.15 Å². The molecular weight excluding hydrogens is 423 g/mol. The molecule has 0 saturated carbocycles. The summed E-state index contributed by atoms with van der Waals surface area (Å²) in [7, 11) is -2.70. The van der Waals surface area contributed by atoms with Gasteiger partial charge in [0.2, 0.25) is 15.9 Å². The number of furan rings is 1. The second-order valence-electron chi connectivity index (χ2n) is 7.53. The molecule has 0 radical (unpaired) electrons. The van der Waals surface area contributed by atoms with E-state index < -0.39 is 38.7 Å². The van der Waals surface area contributed by atoms with Crippen LogP contribution in [0, 0.1) is 11.7 Å². The van der Waals surface area contributed by atoms with E-state index >= 15 is 0 Å². The van der Waals surface area contributed by atoms with Gasteiger partial charge in [-0.15, -0.1) is 0 Å². The molecule has 1 unspecified atom stereocenters. The number of hydrogen-bond acceptors (Lipinski definition) is 5. The molecule has 1 aromatic heterocycles. The van der Waals surface area contributed by atoms with Crippen LogP contribution in [0.4, 0.5) is 4.39 Å². The number of carbonyl (C=O) groups is 1. The zero-order valence-corrected chi connectivity index (χ0v) is 18.5. The number of methoxy groups -OCH3 is 1. The molecule has 0 bridgehead atoms. The molecule has 0 spiro atoms. The molecule has 31 heavy (non-hydrogen) atoms. The lowest BCUT2D eigenvalue weighted by atomic mass is 10.0. The topological polar surface area (TPSA) is 97.6 Å². The Balaban J connectivity index is 1.80. The van der Waals surface area contributed by atoms with Crippen LogP contribution >= 0.6 is 0 Å². The largest absolute Gasteiger partial charge is 0.493 e. The third kappa shape index (κ3) is 4.88. The van der Waals surface area contributed by atoms with Gasteiger partial charge in [0.15, 0.2) is 11.3 Å². The molecule has 3 rings (SSSR count). The maximum Gasteiger partial charge on any atom is 0.244 e. The van der Waals surface area contributed by atoms with Crippen LogP contribution in [0.1, 0.15) is 32.6 Å². The Bertz CT molecular complexity index is 1190. The fourth-order valence-electron chi connectivity index (χ4n) is 3.19. The van der Waals surface area contributed by atoms with Crippen LogP contribution in [0.15, 0.2) is 57.8 Å². The average molecular weight is 449 g/mol. The van der Waals surface area contributed by atoms with E-state index in [1.807, 2.05) is 12.1 Å². The van der Waals surface area contributed by atoms with Gasteiger partial charge >= 0.3 is 0 Å². The van der Waals surface area contributed by atoms with Crippen molar-refractivity contribution in [3.63, 3.8) is 0 Å². The van der Waals surface area contributed by atoms with E-state index in [-0.39, 0.29) is 5.92 Å². The van der Waals surface area contributed by atoms with Crippen molar-refractivity contribution in [2.45, 2.75) is 37.8 Å². The van der Waals surface area contributed by atoms with E-state index in [0.29, 0.717) is 17.1 Å². The zero-order valence-electron chi connectivity index (χ0n) is 17.7. The van der Waals surface area contributed by atoms with Gasteiger partial charge in [0.25, 0.3) is 0 Å². The van der Waals surface area contributed by atoms with E-state index in [9.17, 15) is 17.6 Å². The fraction of sp³-hybridized carbons (Fsp3) is 0.318. The minimum atomic E-state index is -4.24. The van der Waals surface area contributed by atoms with Gasteiger partial charge < -0.3 is 14.5 Å². The second-order valence-corrected chi connectivity index (χ2v) is 9.21. The molecule has 9 heteroatoms. The molecule has 0 aliphatic heterocycles. The molecule has 0 aliphatic rings. The summed E-state index contributed by atoms with van der Waals surface area (Å²) in [5.41, 5.74) is 0.557. The van der Waals surface area contributed by atoms with Crippen LogP contribution in [0.5, 0.6) is 5.75 Å². The van der Waals surface area contributed by atoms with Gasteiger partial charge in [-0.25, -0.2) is 12.8 Å². The van der Waals surface area contributed by atoms with Crippen LogP contribution in [-0.2, 0) is 14.8 Å². The van der Waals surface area contributed by atoms with Crippen LogP contribution in [-0.4, -0.2) is 27.5 Å². The first-order valence-electron chi connectivity index (χ1n) is 9.77. The fourth-order valence-corrected chi connectivity index (χ4v) is 4.61. The highest BCUT2D eigenvalue weighted by atomic mass is 32.2. The molecule has 0 saturated heterocycles. The third-order valence-corrected chi connectivity index (χ3v) is 6.36. The first kappa shape index (κ1) is 22.8. The quantitative estimate of drug-likeness (QED) is 0.547. The molecule has 2 N–H and O–H groups in total. The summed E-state index contributed by atoms with van der Waals surface area (Å²) in [6.07, 6.45) is 0. The summed E-state index contributed by atoms with van der Waals surface area (Å²) in [6.45, 7) is 5.13. The summed E-state index contributed by atoms with van der Waals surface area (Å²) in [6, 6.07) is 10.6. The molecule has 3 aromatic rings. The summed E-state index contributed by atoms with van der Waals surface area (Å²) in [4.78, 5) is 12.4. The van der Waals surface area contributed by atoms with Crippen molar-refractivity contribution >= 4 is 26.9 Å². The molecule has 0 fully saturated rings. The Kier molecular flexibility index (Phi) is 6.66. The van der Waals surface area contributed by atoms with Crippen molar-refractivity contribution in [3.8, 4) is 5.75 Å². The Morgan fingerprint density at radius 2 is 1.81 bits per heavy atom. The van der Waals surface area contributed by atoms with Crippen molar-refractivity contribution in [1.29, 1.82) is 0 Å². The number of rotatable bonds is 8. The molecule has 7 nitrogen and oxygen atoms in total. The number of ether oxygens (including phenoxy) is 1. The van der Waals surface area contributed by atoms with Gasteiger partial charge in [-0.05, 0) is 37.1 Å². The Morgan fingerprint density at radius 1 is 1.10 bits per heavy atom. The van der Waals surface area contributed by atoms with E-state index in [0.717, 1.165) is 17.5 Å². The maximum absolute atomic E-state index is 14.0. The Hall–Kier alpha value is -2.91. The highest BCUT2D eigenvalue weighted by Crippen LogP contribution is 2.31. The van der Waals surface area contributed by atoms with E-state index in [1.165, 1.54) is 19.2 Å². The molecule has 2 atom stereocenters. The van der Waals surface area contributed by atoms with Gasteiger partial charge in [0.05, 0.1) is 13.2 Å². The molecular formula is C22H25FN2O5S. The van der Waals surface area contributed by atoms with Crippen LogP contribution in [0.2, 0.25) is 0 Å². The lowest BCUT2D eigenvalue weighted by Gasteiger charge is -2.23. The smallest absolute Gasteiger partial charge is 0.244 e. The summed E-state index contributed by atoms with van der Waals surface area (Å²) in [5.74, 6) is -0.755. The summed E-state index contributed by atoms with van der Waals surface area (Å²) < 4.78 is 52.8. The first-order chi connectivity index (χ1) is 14.6. The van der Waals surface area contributed by atoms with Crippen molar-refractivity contribution in [2.75, 3.05) is 7.11 Å². The SMILES string of the molecule is COc1cccc2cc(C(C)NC(=O)[C@@H](NS(=O)(=O)c3ccccc3F)C(C)C)oc12. The predicted molar refractivity (Wildman–Crippen MR) is 115 cm³/mol. The van der Waals surface area contributed by atoms with Crippen LogP contribution in [0.3, 0.4) is 0 Å². The number of sulfonamides is 1. The summed E-state index contributed by atoms with van der Waals surface area (Å²) >= 11 is 0. The first-order valence-corrected chi connectivity index (χ1v) is 11.3. The van der Waals surface area contributed by atoms with Crippen LogP contribution < -0.4 is 14.8 Å². The van der Waals surface area contributed by atoms with Crippen molar-refractivity contribution in [3.05, 3.63) is 60.1 Å². The minimum Gasteiger partial charge on any atom is -0.493 e. The molecule has 2 aromatic carbocycles. The lowest BCUT2D eigenvalue weighted by molar-refractivity contribution is -0.124. The second kappa shape index (κ2) is 9.07. The van der Waals surface area contributed by atoms with Gasteiger partial charge in [-0.1, -0.05) is 38.1 Å². The normalized spacial score (nSPS) is 13.9. The number of fused-ring (bicyclic) bond motifs is 1. The maximum atomic E-state index is 14.0. The molecule has 1 amide bonds. The van der Waals surface area contributed by atoms with E-state index in [1.54, 1.807) is 32.9 Å². The molecule has 0 aliphatic carbocycles. The Morgan fingerprint density at radius 3 is 2.45 bits per heavy atom. The van der Waals surface area contributed by atoms with E-state index in [2.05, 4.69) is 10.0 Å². The number of hydrogen-bond donors (Lipinski definition) is 2. The number of benzene rings is 2. The minimum absolute atomic E-state index is 0.385. The Labute approximate surface area is 180 Å². The summed E-state index contributed by atoms with van der Waals surface area (Å²) in [5, 5.41) is 3.59. The number of halogens is 1. The predicted octanol–water partition coefficient (Wildman–Crippen LogP) is 3.76. The van der Waals surface area contributed by atoms with Crippen molar-refractivity contribution in [1.82, 2.24) is 10.0 Å². The zero-order chi connectivity index (χ0) is 22.8. The monoisotopic (exact) mass is 448 g/mol. The lowest BCUT2D eigenvalue weighted by Crippen LogP contribution is -2.50. The number of carbonyl (C=O) groups excluding carboxylic acids is 1. The van der Waals surface area contributed by atoms with Gasteiger partial charge in [-0.2, -0.15) is 4.72 Å². The number of nitrogens with one attached hydrogen (secondary N) is 2. The van der Waals surface area contributed by atoms with Gasteiger partial charge in [0, 0.05) is 5.39 Å². The highest BCUT2D eigenvalue weighted by molar-refractivity contribution is 7.89. The number of amides is 1. The highest BCUT2D eigenvalue weighted by Gasteiger charge is 2.31. The average Bonchev–Trinajstić information content (AvgIpc) is 3.16. The van der Waals surface area contributed by atoms with Gasteiger partial charge in [0.1, 0.15) is 22.5 Å². The van der Waals surface area contributed by atoms with Crippen LogP contribution in [0.25, 0.3) is 11.0 Å². The molecule has 1 heterocycles. The molecule has 166 valence electrons.